The standard InChI is InChI=1S/C5H5.C2H5.2CH3.2Pt/c1-2-4-5-3-1;1-2;;;;/h1-5H;1H2,2H3;2*1H3;;/q4*-1;;+4. The van der Waals surface area contributed by atoms with Crippen LogP contribution in [0.1, 0.15) is 6.92 Å². The van der Waals surface area contributed by atoms with Crippen molar-refractivity contribution in [2.75, 3.05) is 0 Å². The molecule has 72 valence electrons. The molecule has 11 heavy (non-hydrogen) atoms. The third-order valence-electron chi connectivity index (χ3n) is 0.556. The third kappa shape index (κ3) is 24.9. The predicted octanol–water partition coefficient (Wildman–Crippen LogP) is 3.14. The van der Waals surface area contributed by atoms with Crippen molar-refractivity contribution in [2.45, 2.75) is 6.92 Å². The van der Waals surface area contributed by atoms with E-state index in [1.54, 1.807) is 6.92 Å². The fourth-order valence-electron chi connectivity index (χ4n) is 0.321. The van der Waals surface area contributed by atoms with Crippen LogP contribution >= 0.6 is 0 Å². The van der Waals surface area contributed by atoms with Crippen molar-refractivity contribution in [3.05, 3.63) is 52.1 Å². The summed E-state index contributed by atoms with van der Waals surface area (Å²) in [4.78, 5) is 0. The molecule has 0 heterocycles. The van der Waals surface area contributed by atoms with Crippen molar-refractivity contribution >= 4 is 0 Å². The fourth-order valence-corrected chi connectivity index (χ4v) is 0.321. The Bertz CT molecular complexity index is 64.0. The summed E-state index contributed by atoms with van der Waals surface area (Å²) in [7, 11) is 0. The smallest absolute Gasteiger partial charge is 0.358 e. The molecule has 1 aromatic carbocycles. The maximum atomic E-state index is 3.25. The Kier molecular flexibility index (Phi) is 83.9. The quantitative estimate of drug-likeness (QED) is 0.467. The van der Waals surface area contributed by atoms with Gasteiger partial charge in [0.25, 0.3) is 0 Å². The van der Waals surface area contributed by atoms with E-state index in [9.17, 15) is 0 Å². The van der Waals surface area contributed by atoms with Crippen LogP contribution in [0.3, 0.4) is 0 Å². The Morgan fingerprint density at radius 1 is 1.00 bits per heavy atom. The minimum absolute atomic E-state index is 0. The van der Waals surface area contributed by atoms with E-state index in [-0.39, 0.29) is 57.0 Å². The molecular formula is C9H16Pt2. The molecule has 0 saturated heterocycles. The van der Waals surface area contributed by atoms with E-state index in [1.165, 1.54) is 0 Å². The van der Waals surface area contributed by atoms with E-state index in [0.29, 0.717) is 0 Å². The molecule has 1 rings (SSSR count). The summed E-state index contributed by atoms with van der Waals surface area (Å²) in [5.74, 6) is 0. The average Bonchev–Trinajstić information content (AvgIpc) is 2.23. The van der Waals surface area contributed by atoms with Crippen molar-refractivity contribution in [3.8, 4) is 0 Å². The third-order valence-corrected chi connectivity index (χ3v) is 0.556. The van der Waals surface area contributed by atoms with Gasteiger partial charge in [-0.25, -0.2) is 12.1 Å². The summed E-state index contributed by atoms with van der Waals surface area (Å²) in [6.45, 7) is 5.00. The molecule has 0 amide bonds. The van der Waals surface area contributed by atoms with Crippen LogP contribution in [-0.2, 0) is 42.1 Å². The van der Waals surface area contributed by atoms with Gasteiger partial charge in [-0.15, -0.1) is 0 Å². The zero-order chi connectivity index (χ0) is 5.54. The van der Waals surface area contributed by atoms with E-state index in [2.05, 4.69) is 6.92 Å². The van der Waals surface area contributed by atoms with Crippen LogP contribution in [0.2, 0.25) is 0 Å². The van der Waals surface area contributed by atoms with Gasteiger partial charge in [0.2, 0.25) is 0 Å². The summed E-state index contributed by atoms with van der Waals surface area (Å²) in [5.41, 5.74) is 0. The van der Waals surface area contributed by atoms with Crippen LogP contribution in [-0.4, -0.2) is 0 Å². The second-order valence-corrected chi connectivity index (χ2v) is 0.962. The molecule has 0 aliphatic carbocycles. The maximum Gasteiger partial charge on any atom is 4.00 e. The first-order chi connectivity index (χ1) is 3.50. The minimum atomic E-state index is 0. The van der Waals surface area contributed by atoms with Gasteiger partial charge in [0.1, 0.15) is 0 Å². The first-order valence-electron chi connectivity index (χ1n) is 2.37. The van der Waals surface area contributed by atoms with Gasteiger partial charge in [-0.1, -0.05) is 0 Å². The molecule has 0 unspecified atom stereocenters. The van der Waals surface area contributed by atoms with Crippen molar-refractivity contribution in [2.24, 2.45) is 0 Å². The van der Waals surface area contributed by atoms with Crippen molar-refractivity contribution in [3.63, 3.8) is 0 Å². The molecule has 0 atom stereocenters. The summed E-state index contributed by atoms with van der Waals surface area (Å²) >= 11 is 0. The minimum Gasteiger partial charge on any atom is -0.358 e. The Morgan fingerprint density at radius 3 is 1.36 bits per heavy atom. The Morgan fingerprint density at radius 2 is 1.27 bits per heavy atom. The van der Waals surface area contributed by atoms with Crippen LogP contribution < -0.4 is 0 Å². The van der Waals surface area contributed by atoms with Crippen LogP contribution in [0, 0.1) is 21.8 Å². The number of hydrogen-bond acceptors (Lipinski definition) is 0. The zero-order valence-electron chi connectivity index (χ0n) is 7.23. The van der Waals surface area contributed by atoms with Crippen LogP contribution in [0.25, 0.3) is 0 Å². The van der Waals surface area contributed by atoms with Gasteiger partial charge in [-0.3, -0.25) is 0 Å². The van der Waals surface area contributed by atoms with Gasteiger partial charge in [0.15, 0.2) is 0 Å². The summed E-state index contributed by atoms with van der Waals surface area (Å²) in [6, 6.07) is 10.0. The molecule has 0 N–H and O–H groups in total. The number of rotatable bonds is 0. The fraction of sp³-hybridized carbons (Fsp3) is 0.111. The van der Waals surface area contributed by atoms with Crippen LogP contribution in [0.5, 0.6) is 0 Å². The Hall–Kier alpha value is 0.727. The topological polar surface area (TPSA) is 0 Å². The van der Waals surface area contributed by atoms with Crippen molar-refractivity contribution in [1.82, 2.24) is 0 Å². The molecule has 0 nitrogen and oxygen atoms in total. The molecule has 0 aliphatic heterocycles. The molecule has 1 aromatic rings. The van der Waals surface area contributed by atoms with Crippen LogP contribution in [0.4, 0.5) is 0 Å². The molecule has 0 aromatic heterocycles. The van der Waals surface area contributed by atoms with Gasteiger partial charge in [0.05, 0.1) is 0 Å². The second-order valence-electron chi connectivity index (χ2n) is 0.962. The molecule has 0 spiro atoms. The average molecular weight is 514 g/mol. The molecular weight excluding hydrogens is 498 g/mol. The van der Waals surface area contributed by atoms with E-state index in [0.717, 1.165) is 0 Å². The Labute approximate surface area is 101 Å². The van der Waals surface area contributed by atoms with E-state index in [1.807, 2.05) is 30.3 Å². The summed E-state index contributed by atoms with van der Waals surface area (Å²) in [5, 5.41) is 0. The molecule has 0 aliphatic rings. The van der Waals surface area contributed by atoms with Gasteiger partial charge < -0.3 is 21.8 Å². The van der Waals surface area contributed by atoms with Gasteiger partial charge >= 0.3 is 21.1 Å². The summed E-state index contributed by atoms with van der Waals surface area (Å²) < 4.78 is 0. The van der Waals surface area contributed by atoms with Gasteiger partial charge in [-0.2, -0.15) is 25.1 Å². The van der Waals surface area contributed by atoms with E-state index < -0.39 is 0 Å². The van der Waals surface area contributed by atoms with Gasteiger partial charge in [-0.05, 0) is 0 Å². The number of hydrogen-bond donors (Lipinski definition) is 0. The van der Waals surface area contributed by atoms with Crippen molar-refractivity contribution < 1.29 is 42.1 Å². The SMILES string of the molecule is [CH2-]C.[CH3-].[CH3-].[Pt+4].[Pt].c1cc[cH-]c1. The van der Waals surface area contributed by atoms with E-state index >= 15 is 0 Å². The molecule has 0 fully saturated rings. The largest absolute Gasteiger partial charge is 4.00 e. The van der Waals surface area contributed by atoms with Crippen LogP contribution in [0.15, 0.2) is 30.3 Å². The monoisotopic (exact) mass is 514 g/mol. The molecule has 0 saturated carbocycles. The van der Waals surface area contributed by atoms with Crippen molar-refractivity contribution in [1.29, 1.82) is 0 Å². The maximum absolute atomic E-state index is 3.25. The van der Waals surface area contributed by atoms with E-state index in [4.69, 9.17) is 0 Å². The predicted molar refractivity (Wildman–Crippen MR) is 45.9 cm³/mol. The zero-order valence-corrected chi connectivity index (χ0v) is 11.8. The second kappa shape index (κ2) is 30.9. The molecule has 0 bridgehead atoms. The summed E-state index contributed by atoms with van der Waals surface area (Å²) in [6.07, 6.45) is 0. The first-order valence-corrected chi connectivity index (χ1v) is 2.37. The van der Waals surface area contributed by atoms with Gasteiger partial charge in [0, 0.05) is 21.1 Å². The normalized spacial score (nSPS) is 4.18. The first kappa shape index (κ1) is 29.8. The Balaban J connectivity index is -0.0000000189. The molecule has 0 radical (unpaired) electrons. The molecule has 2 heteroatoms.